The Kier molecular flexibility index (Phi) is 3.35. The molecule has 0 aliphatic carbocycles. The van der Waals surface area contributed by atoms with Crippen molar-refractivity contribution in [1.29, 1.82) is 0 Å². The first kappa shape index (κ1) is 13.2. The first-order valence-electron chi connectivity index (χ1n) is 5.80. The maximum absolute atomic E-state index is 12.0. The second-order valence-corrected chi connectivity index (χ2v) is 4.38. The minimum absolute atomic E-state index is 0.132. The van der Waals surface area contributed by atoms with E-state index in [9.17, 15) is 14.4 Å². The van der Waals surface area contributed by atoms with E-state index in [4.69, 9.17) is 5.11 Å². The number of carbonyl (C=O) groups excluding carboxylic acids is 3. The standard InChI is InChI=1S/C13H14N2O4/c1-14(5-6-16)11(17)8-3-4-9-10(7-8)13(19)15(2)12(9)18/h3-4,7,16H,5-6H2,1-2H3. The number of likely N-dealkylation sites (N-methyl/N-ethyl adjacent to an activating group) is 1. The molecular formula is C13H14N2O4. The molecule has 1 aliphatic heterocycles. The van der Waals surface area contributed by atoms with Gasteiger partial charge in [-0.25, -0.2) is 0 Å². The van der Waals surface area contributed by atoms with Gasteiger partial charge in [-0.1, -0.05) is 0 Å². The van der Waals surface area contributed by atoms with Crippen molar-refractivity contribution < 1.29 is 19.5 Å². The van der Waals surface area contributed by atoms with Crippen molar-refractivity contribution >= 4 is 17.7 Å². The fourth-order valence-electron chi connectivity index (χ4n) is 1.97. The molecule has 1 N–H and O–H groups in total. The third-order valence-electron chi connectivity index (χ3n) is 3.12. The predicted molar refractivity (Wildman–Crippen MR) is 66.9 cm³/mol. The highest BCUT2D eigenvalue weighted by Crippen LogP contribution is 2.23. The van der Waals surface area contributed by atoms with Gasteiger partial charge in [0.2, 0.25) is 0 Å². The lowest BCUT2D eigenvalue weighted by Crippen LogP contribution is -2.29. The van der Waals surface area contributed by atoms with Gasteiger partial charge in [-0.2, -0.15) is 0 Å². The molecule has 1 aromatic rings. The number of hydrogen-bond acceptors (Lipinski definition) is 4. The highest BCUT2D eigenvalue weighted by Gasteiger charge is 2.33. The van der Waals surface area contributed by atoms with E-state index in [1.165, 1.54) is 30.1 Å². The number of aliphatic hydroxyl groups excluding tert-OH is 1. The van der Waals surface area contributed by atoms with Crippen LogP contribution in [0, 0.1) is 0 Å². The second kappa shape index (κ2) is 4.81. The molecular weight excluding hydrogens is 248 g/mol. The van der Waals surface area contributed by atoms with Crippen LogP contribution in [-0.4, -0.2) is 59.9 Å². The summed E-state index contributed by atoms with van der Waals surface area (Å²) in [5, 5.41) is 8.80. The van der Waals surface area contributed by atoms with Crippen LogP contribution in [0.3, 0.4) is 0 Å². The summed E-state index contributed by atoms with van der Waals surface area (Å²) in [6.07, 6.45) is 0. The van der Waals surface area contributed by atoms with Gasteiger partial charge in [0.05, 0.1) is 17.7 Å². The molecule has 0 aromatic heterocycles. The van der Waals surface area contributed by atoms with E-state index in [0.717, 1.165) is 4.90 Å². The van der Waals surface area contributed by atoms with Gasteiger partial charge >= 0.3 is 0 Å². The van der Waals surface area contributed by atoms with Crippen LogP contribution in [-0.2, 0) is 0 Å². The molecule has 0 radical (unpaired) electrons. The van der Waals surface area contributed by atoms with E-state index < -0.39 is 5.91 Å². The van der Waals surface area contributed by atoms with E-state index in [1.807, 2.05) is 0 Å². The van der Waals surface area contributed by atoms with Crippen LogP contribution in [0.2, 0.25) is 0 Å². The van der Waals surface area contributed by atoms with Crippen LogP contribution >= 0.6 is 0 Å². The van der Waals surface area contributed by atoms with Gasteiger partial charge in [0, 0.05) is 26.2 Å². The molecule has 0 bridgehead atoms. The van der Waals surface area contributed by atoms with Crippen molar-refractivity contribution in [2.45, 2.75) is 0 Å². The average molecular weight is 262 g/mol. The van der Waals surface area contributed by atoms with Crippen molar-refractivity contribution in [3.63, 3.8) is 0 Å². The summed E-state index contributed by atoms with van der Waals surface area (Å²) in [6.45, 7) is 0.0794. The predicted octanol–water partition coefficient (Wildman–Crippen LogP) is -0.0233. The van der Waals surface area contributed by atoms with Crippen LogP contribution in [0.25, 0.3) is 0 Å². The molecule has 0 saturated carbocycles. The van der Waals surface area contributed by atoms with Crippen molar-refractivity contribution in [2.75, 3.05) is 27.2 Å². The molecule has 1 aromatic carbocycles. The topological polar surface area (TPSA) is 77.9 Å². The molecule has 1 heterocycles. The zero-order chi connectivity index (χ0) is 14.2. The average Bonchev–Trinajstić information content (AvgIpc) is 2.63. The Balaban J connectivity index is 2.36. The number of carbonyl (C=O) groups is 3. The number of amides is 3. The first-order valence-corrected chi connectivity index (χ1v) is 5.80. The van der Waals surface area contributed by atoms with Gasteiger partial charge in [-0.05, 0) is 18.2 Å². The number of aliphatic hydroxyl groups is 1. The molecule has 0 spiro atoms. The van der Waals surface area contributed by atoms with Gasteiger partial charge in [0.25, 0.3) is 17.7 Å². The van der Waals surface area contributed by atoms with Crippen molar-refractivity contribution in [3.05, 3.63) is 34.9 Å². The van der Waals surface area contributed by atoms with Crippen LogP contribution in [0.5, 0.6) is 0 Å². The molecule has 3 amide bonds. The highest BCUT2D eigenvalue weighted by molar-refractivity contribution is 6.21. The van der Waals surface area contributed by atoms with E-state index >= 15 is 0 Å². The van der Waals surface area contributed by atoms with E-state index in [1.54, 1.807) is 7.05 Å². The van der Waals surface area contributed by atoms with Gasteiger partial charge < -0.3 is 10.0 Å². The Labute approximate surface area is 110 Å². The lowest BCUT2D eigenvalue weighted by atomic mass is 10.1. The summed E-state index contributed by atoms with van der Waals surface area (Å²) in [5.74, 6) is -1.06. The Morgan fingerprint density at radius 3 is 2.53 bits per heavy atom. The van der Waals surface area contributed by atoms with E-state index in [0.29, 0.717) is 11.1 Å². The van der Waals surface area contributed by atoms with Gasteiger partial charge in [0.15, 0.2) is 0 Å². The molecule has 0 atom stereocenters. The summed E-state index contributed by atoms with van der Waals surface area (Å²) < 4.78 is 0. The van der Waals surface area contributed by atoms with Gasteiger partial charge in [-0.3, -0.25) is 19.3 Å². The minimum atomic E-state index is -0.403. The minimum Gasteiger partial charge on any atom is -0.395 e. The summed E-state index contributed by atoms with van der Waals surface area (Å²) in [5.41, 5.74) is 0.885. The normalized spacial score (nSPS) is 13.7. The summed E-state index contributed by atoms with van der Waals surface area (Å²) >= 11 is 0. The van der Waals surface area contributed by atoms with Crippen LogP contribution in [0.4, 0.5) is 0 Å². The van der Waals surface area contributed by atoms with E-state index in [2.05, 4.69) is 0 Å². The molecule has 100 valence electrons. The Morgan fingerprint density at radius 2 is 1.89 bits per heavy atom. The van der Waals surface area contributed by atoms with Crippen LogP contribution < -0.4 is 0 Å². The Hall–Kier alpha value is -2.21. The molecule has 0 saturated heterocycles. The summed E-state index contributed by atoms with van der Waals surface area (Å²) in [7, 11) is 2.97. The van der Waals surface area contributed by atoms with Gasteiger partial charge in [0.1, 0.15) is 0 Å². The Bertz CT molecular complexity index is 568. The summed E-state index contributed by atoms with van der Waals surface area (Å²) in [6, 6.07) is 4.42. The number of imide groups is 1. The summed E-state index contributed by atoms with van der Waals surface area (Å²) in [4.78, 5) is 37.9. The van der Waals surface area contributed by atoms with E-state index in [-0.39, 0.29) is 30.5 Å². The first-order chi connectivity index (χ1) is 8.97. The Morgan fingerprint density at radius 1 is 1.26 bits per heavy atom. The molecule has 19 heavy (non-hydrogen) atoms. The lowest BCUT2D eigenvalue weighted by Gasteiger charge is -2.15. The third-order valence-corrected chi connectivity index (χ3v) is 3.12. The zero-order valence-corrected chi connectivity index (χ0v) is 10.7. The van der Waals surface area contributed by atoms with Crippen molar-refractivity contribution in [2.24, 2.45) is 0 Å². The molecule has 6 nitrogen and oxygen atoms in total. The van der Waals surface area contributed by atoms with Gasteiger partial charge in [-0.15, -0.1) is 0 Å². The number of rotatable bonds is 3. The fourth-order valence-corrected chi connectivity index (χ4v) is 1.97. The zero-order valence-electron chi connectivity index (χ0n) is 10.7. The largest absolute Gasteiger partial charge is 0.395 e. The maximum atomic E-state index is 12.0. The quantitative estimate of drug-likeness (QED) is 0.776. The number of benzene rings is 1. The van der Waals surface area contributed by atoms with Crippen LogP contribution in [0.1, 0.15) is 31.1 Å². The highest BCUT2D eigenvalue weighted by atomic mass is 16.3. The van der Waals surface area contributed by atoms with Crippen LogP contribution in [0.15, 0.2) is 18.2 Å². The molecule has 1 aliphatic rings. The molecule has 0 fully saturated rings. The number of fused-ring (bicyclic) bond motifs is 1. The number of hydrogen-bond donors (Lipinski definition) is 1. The molecule has 6 heteroatoms. The van der Waals surface area contributed by atoms with Crippen molar-refractivity contribution in [3.8, 4) is 0 Å². The smallest absolute Gasteiger partial charge is 0.261 e. The lowest BCUT2D eigenvalue weighted by molar-refractivity contribution is 0.0692. The second-order valence-electron chi connectivity index (χ2n) is 4.38. The molecule has 0 unspecified atom stereocenters. The number of nitrogens with zero attached hydrogens (tertiary/aromatic N) is 2. The monoisotopic (exact) mass is 262 g/mol. The maximum Gasteiger partial charge on any atom is 0.261 e. The SMILES string of the molecule is CN(CCO)C(=O)c1ccc2c(c1)C(=O)N(C)C2=O. The third kappa shape index (κ3) is 2.10. The fraction of sp³-hybridized carbons (Fsp3) is 0.308. The van der Waals surface area contributed by atoms with Crippen molar-refractivity contribution in [1.82, 2.24) is 9.80 Å². The molecule has 2 rings (SSSR count).